The van der Waals surface area contributed by atoms with Crippen LogP contribution in [-0.2, 0) is 13.6 Å². The Bertz CT molecular complexity index is 767. The zero-order valence-electron chi connectivity index (χ0n) is 11.5. The molecule has 0 aliphatic rings. The minimum atomic E-state index is -0.107. The summed E-state index contributed by atoms with van der Waals surface area (Å²) in [6.45, 7) is 3.80. The number of imidazole rings is 1. The maximum Gasteiger partial charge on any atom is 0.184 e. The summed E-state index contributed by atoms with van der Waals surface area (Å²) in [5.74, 6) is -0.107. The van der Waals surface area contributed by atoms with E-state index in [0.717, 1.165) is 11.4 Å². The van der Waals surface area contributed by atoms with Crippen LogP contribution >= 0.6 is 0 Å². The summed E-state index contributed by atoms with van der Waals surface area (Å²) in [7, 11) is 1.90. The van der Waals surface area contributed by atoms with Crippen molar-refractivity contribution in [2.45, 2.75) is 20.4 Å². The van der Waals surface area contributed by atoms with Crippen LogP contribution in [0.25, 0.3) is 0 Å². The van der Waals surface area contributed by atoms with Gasteiger partial charge in [-0.05, 0) is 19.9 Å². The summed E-state index contributed by atoms with van der Waals surface area (Å²) in [4.78, 5) is 16.1. The van der Waals surface area contributed by atoms with Crippen molar-refractivity contribution < 1.29 is 4.79 Å². The molecule has 0 aliphatic heterocycles. The van der Waals surface area contributed by atoms with Gasteiger partial charge in [-0.15, -0.1) is 0 Å². The molecular formula is C14H13N5O. The first-order chi connectivity index (χ1) is 9.49. The summed E-state index contributed by atoms with van der Waals surface area (Å²) in [6.07, 6.45) is 1.35. The van der Waals surface area contributed by atoms with E-state index < -0.39 is 0 Å². The molecule has 0 bridgehead atoms. The summed E-state index contributed by atoms with van der Waals surface area (Å²) in [5, 5.41) is 17.9. The number of ketones is 1. The Kier molecular flexibility index (Phi) is 3.41. The standard InChI is InChI=1S/C14H13N5O/c1-9-4-11(10(2)18(9)3)14(20)7-19-8-17-12(5-15)13(19)6-16/h4,8H,7H2,1-3H3. The van der Waals surface area contributed by atoms with Crippen LogP contribution < -0.4 is 0 Å². The van der Waals surface area contributed by atoms with Gasteiger partial charge in [0.2, 0.25) is 0 Å². The normalized spacial score (nSPS) is 10.1. The fourth-order valence-corrected chi connectivity index (χ4v) is 2.08. The first-order valence-electron chi connectivity index (χ1n) is 6.01. The van der Waals surface area contributed by atoms with Gasteiger partial charge in [-0.2, -0.15) is 10.5 Å². The molecule has 6 heteroatoms. The summed E-state index contributed by atoms with van der Waals surface area (Å²) >= 11 is 0. The number of hydrogen-bond donors (Lipinski definition) is 0. The molecular weight excluding hydrogens is 254 g/mol. The number of carbonyl (C=O) groups is 1. The van der Waals surface area contributed by atoms with Crippen LogP contribution in [-0.4, -0.2) is 19.9 Å². The molecule has 2 aromatic rings. The number of hydrogen-bond acceptors (Lipinski definition) is 4. The molecule has 2 aromatic heterocycles. The van der Waals surface area contributed by atoms with Crippen LogP contribution in [0.3, 0.4) is 0 Å². The molecule has 0 saturated carbocycles. The van der Waals surface area contributed by atoms with Gasteiger partial charge < -0.3 is 9.13 Å². The van der Waals surface area contributed by atoms with Crippen molar-refractivity contribution in [2.24, 2.45) is 7.05 Å². The van der Waals surface area contributed by atoms with Crippen LogP contribution in [0.15, 0.2) is 12.4 Å². The second-order valence-electron chi connectivity index (χ2n) is 4.56. The largest absolute Gasteiger partial charge is 0.351 e. The van der Waals surface area contributed by atoms with Crippen molar-refractivity contribution >= 4 is 5.78 Å². The number of carbonyl (C=O) groups excluding carboxylic acids is 1. The van der Waals surface area contributed by atoms with Gasteiger partial charge in [0.1, 0.15) is 12.1 Å². The second-order valence-corrected chi connectivity index (χ2v) is 4.56. The molecule has 6 nitrogen and oxygen atoms in total. The summed E-state index contributed by atoms with van der Waals surface area (Å²) in [6, 6.07) is 5.56. The molecule has 0 fully saturated rings. The highest BCUT2D eigenvalue weighted by Gasteiger charge is 2.17. The Balaban J connectivity index is 2.34. The Labute approximate surface area is 116 Å². The Hall–Kier alpha value is -2.86. The lowest BCUT2D eigenvalue weighted by Crippen LogP contribution is -2.12. The number of aryl methyl sites for hydroxylation is 1. The fourth-order valence-electron chi connectivity index (χ4n) is 2.08. The van der Waals surface area contributed by atoms with Gasteiger partial charge in [0.25, 0.3) is 0 Å². The third kappa shape index (κ3) is 2.08. The van der Waals surface area contributed by atoms with Crippen LogP contribution in [0.2, 0.25) is 0 Å². The Morgan fingerprint density at radius 2 is 2.05 bits per heavy atom. The molecule has 2 heterocycles. The second kappa shape index (κ2) is 5.02. The lowest BCUT2D eigenvalue weighted by molar-refractivity contribution is 0.0971. The van der Waals surface area contributed by atoms with Gasteiger partial charge >= 0.3 is 0 Å². The Morgan fingerprint density at radius 1 is 1.35 bits per heavy atom. The Morgan fingerprint density at radius 3 is 2.55 bits per heavy atom. The van der Waals surface area contributed by atoms with Gasteiger partial charge in [0, 0.05) is 24.0 Å². The van der Waals surface area contributed by atoms with E-state index in [1.807, 2.05) is 43.7 Å². The quantitative estimate of drug-likeness (QED) is 0.788. The van der Waals surface area contributed by atoms with E-state index in [9.17, 15) is 4.79 Å². The maximum atomic E-state index is 12.3. The number of nitriles is 2. The van der Waals surface area contributed by atoms with E-state index in [4.69, 9.17) is 10.5 Å². The molecule has 0 amide bonds. The predicted molar refractivity (Wildman–Crippen MR) is 70.9 cm³/mol. The van der Waals surface area contributed by atoms with Crippen LogP contribution in [0.1, 0.15) is 33.1 Å². The van der Waals surface area contributed by atoms with Gasteiger partial charge in [-0.1, -0.05) is 0 Å². The summed E-state index contributed by atoms with van der Waals surface area (Å²) in [5.41, 5.74) is 2.66. The van der Waals surface area contributed by atoms with Crippen molar-refractivity contribution in [3.63, 3.8) is 0 Å². The molecule has 0 spiro atoms. The number of aromatic nitrogens is 3. The highest BCUT2D eigenvalue weighted by atomic mass is 16.1. The van der Waals surface area contributed by atoms with Crippen molar-refractivity contribution in [1.82, 2.24) is 14.1 Å². The molecule has 0 saturated heterocycles. The maximum absolute atomic E-state index is 12.3. The van der Waals surface area contributed by atoms with Crippen molar-refractivity contribution in [3.8, 4) is 12.1 Å². The first kappa shape index (κ1) is 13.6. The third-order valence-electron chi connectivity index (χ3n) is 3.44. The average Bonchev–Trinajstić information content (AvgIpc) is 2.94. The topological polar surface area (TPSA) is 87.4 Å². The van der Waals surface area contributed by atoms with Crippen molar-refractivity contribution in [2.75, 3.05) is 0 Å². The minimum Gasteiger partial charge on any atom is -0.351 e. The molecule has 0 aromatic carbocycles. The fraction of sp³-hybridized carbons (Fsp3) is 0.286. The SMILES string of the molecule is Cc1cc(C(=O)Cn2cnc(C#N)c2C#N)c(C)n1C. The highest BCUT2D eigenvalue weighted by Crippen LogP contribution is 2.15. The predicted octanol–water partition coefficient (Wildman–Crippen LogP) is 1.46. The number of rotatable bonds is 3. The van der Waals surface area contributed by atoms with E-state index in [1.165, 1.54) is 10.9 Å². The zero-order valence-corrected chi connectivity index (χ0v) is 11.5. The third-order valence-corrected chi connectivity index (χ3v) is 3.44. The molecule has 0 unspecified atom stereocenters. The smallest absolute Gasteiger partial charge is 0.184 e. The molecule has 0 N–H and O–H groups in total. The molecule has 100 valence electrons. The number of Topliss-reactive ketones (excluding diaryl/α,β-unsaturated/α-hetero) is 1. The van der Waals surface area contributed by atoms with Crippen LogP contribution in [0.4, 0.5) is 0 Å². The highest BCUT2D eigenvalue weighted by molar-refractivity contribution is 5.97. The van der Waals surface area contributed by atoms with Crippen molar-refractivity contribution in [3.05, 3.63) is 40.7 Å². The van der Waals surface area contributed by atoms with Gasteiger partial charge in [-0.3, -0.25) is 4.79 Å². The van der Waals surface area contributed by atoms with Crippen LogP contribution in [0.5, 0.6) is 0 Å². The lowest BCUT2D eigenvalue weighted by atomic mass is 10.1. The molecule has 20 heavy (non-hydrogen) atoms. The van der Waals surface area contributed by atoms with Gasteiger partial charge in [-0.25, -0.2) is 4.98 Å². The zero-order chi connectivity index (χ0) is 14.9. The van der Waals surface area contributed by atoms with E-state index in [-0.39, 0.29) is 23.7 Å². The molecule has 0 aliphatic carbocycles. The molecule has 0 radical (unpaired) electrons. The van der Waals surface area contributed by atoms with E-state index in [2.05, 4.69) is 4.98 Å². The van der Waals surface area contributed by atoms with Crippen molar-refractivity contribution in [1.29, 1.82) is 10.5 Å². The van der Waals surface area contributed by atoms with E-state index in [1.54, 1.807) is 0 Å². The summed E-state index contributed by atoms with van der Waals surface area (Å²) < 4.78 is 3.34. The van der Waals surface area contributed by atoms with E-state index in [0.29, 0.717) is 5.56 Å². The first-order valence-corrected chi connectivity index (χ1v) is 6.01. The van der Waals surface area contributed by atoms with E-state index >= 15 is 0 Å². The monoisotopic (exact) mass is 267 g/mol. The minimum absolute atomic E-state index is 0.00185. The van der Waals surface area contributed by atoms with Gasteiger partial charge in [0.15, 0.2) is 17.2 Å². The number of nitrogens with zero attached hydrogens (tertiary/aromatic N) is 5. The van der Waals surface area contributed by atoms with Crippen LogP contribution in [0, 0.1) is 36.5 Å². The lowest BCUT2D eigenvalue weighted by Gasteiger charge is -2.04. The molecule has 0 atom stereocenters. The average molecular weight is 267 g/mol. The van der Waals surface area contributed by atoms with Gasteiger partial charge in [0.05, 0.1) is 12.9 Å². The molecule has 2 rings (SSSR count).